The summed E-state index contributed by atoms with van der Waals surface area (Å²) >= 11 is 0. The van der Waals surface area contributed by atoms with E-state index in [1.807, 2.05) is 0 Å². The highest BCUT2D eigenvalue weighted by Crippen LogP contribution is 2.42. The average Bonchev–Trinajstić information content (AvgIpc) is 2.43. The Kier molecular flexibility index (Phi) is 5.65. The van der Waals surface area contributed by atoms with E-state index in [0.717, 1.165) is 7.11 Å². The van der Waals surface area contributed by atoms with Crippen LogP contribution in [0.25, 0.3) is 0 Å². The molecule has 0 fully saturated rings. The third-order valence-electron chi connectivity index (χ3n) is 2.98. The van der Waals surface area contributed by atoms with Crippen molar-refractivity contribution in [3.8, 4) is 0 Å². The fourth-order valence-corrected chi connectivity index (χ4v) is 1.94. The highest BCUT2D eigenvalue weighted by Gasteiger charge is 2.43. The van der Waals surface area contributed by atoms with Crippen LogP contribution >= 0.6 is 0 Å². The number of hydrogen-bond donors (Lipinski definition) is 2. The highest BCUT2D eigenvalue weighted by molar-refractivity contribution is 5.69. The molecule has 0 amide bonds. The third kappa shape index (κ3) is 4.58. The van der Waals surface area contributed by atoms with Gasteiger partial charge in [-0.25, -0.2) is 0 Å². The quantitative estimate of drug-likeness (QED) is 0.650. The van der Waals surface area contributed by atoms with Gasteiger partial charge in [-0.3, -0.25) is 4.79 Å². The molecule has 0 bridgehead atoms. The van der Waals surface area contributed by atoms with Gasteiger partial charge in [0.05, 0.1) is 30.8 Å². The fourth-order valence-electron chi connectivity index (χ4n) is 1.94. The topological polar surface area (TPSA) is 66.8 Å². The van der Waals surface area contributed by atoms with Crippen LogP contribution in [-0.4, -0.2) is 29.4 Å². The summed E-state index contributed by atoms with van der Waals surface area (Å²) in [4.78, 5) is 11.0. The third-order valence-corrected chi connectivity index (χ3v) is 2.98. The Morgan fingerprint density at radius 1 is 1.09 bits per heavy atom. The predicted molar refractivity (Wildman–Crippen MR) is 64.0 cm³/mol. The summed E-state index contributed by atoms with van der Waals surface area (Å²) in [5, 5.41) is 19.3. The van der Waals surface area contributed by atoms with Gasteiger partial charge in [-0.15, -0.1) is 0 Å². The number of rotatable bonds is 4. The summed E-state index contributed by atoms with van der Waals surface area (Å²) in [6, 6.07) is 1.23. The molecule has 0 heterocycles. The molecule has 2 N–H and O–H groups in total. The van der Waals surface area contributed by atoms with E-state index in [1.165, 1.54) is 0 Å². The predicted octanol–water partition coefficient (Wildman–Crippen LogP) is 2.68. The summed E-state index contributed by atoms with van der Waals surface area (Å²) in [5.74, 6) is -1.10. The van der Waals surface area contributed by atoms with Crippen LogP contribution in [0, 0.1) is 0 Å². The molecule has 0 aliphatic rings. The van der Waals surface area contributed by atoms with Crippen molar-refractivity contribution < 1.29 is 46.1 Å². The molecular weight excluding hydrogens is 334 g/mol. The maximum Gasteiger partial charge on any atom is 0.416 e. The number of esters is 1. The first-order valence-electron chi connectivity index (χ1n) is 6.09. The van der Waals surface area contributed by atoms with E-state index < -0.39 is 53.6 Å². The molecule has 10 heteroatoms. The number of ether oxygens (including phenoxy) is 1. The molecule has 1 aromatic rings. The molecule has 1 aromatic carbocycles. The van der Waals surface area contributed by atoms with Crippen molar-refractivity contribution >= 4 is 5.97 Å². The van der Waals surface area contributed by atoms with Gasteiger partial charge in [0.2, 0.25) is 0 Å². The molecule has 4 nitrogen and oxygen atoms in total. The van der Waals surface area contributed by atoms with E-state index in [4.69, 9.17) is 0 Å². The SMILES string of the molecule is COC(=O)CC(O)C(O)c1c(C(F)(F)F)cccc1C(F)(F)F. The summed E-state index contributed by atoms with van der Waals surface area (Å²) in [7, 11) is 0.909. The minimum atomic E-state index is -5.19. The van der Waals surface area contributed by atoms with Gasteiger partial charge in [0, 0.05) is 5.56 Å². The number of halogens is 6. The molecule has 23 heavy (non-hydrogen) atoms. The van der Waals surface area contributed by atoms with Crippen LogP contribution in [0.4, 0.5) is 26.3 Å². The lowest BCUT2D eigenvalue weighted by Gasteiger charge is -2.25. The Morgan fingerprint density at radius 3 is 1.87 bits per heavy atom. The Bertz CT molecular complexity index is 534. The van der Waals surface area contributed by atoms with Crippen LogP contribution in [0.15, 0.2) is 18.2 Å². The van der Waals surface area contributed by atoms with Crippen molar-refractivity contribution in [2.75, 3.05) is 7.11 Å². The van der Waals surface area contributed by atoms with E-state index >= 15 is 0 Å². The number of hydrogen-bond acceptors (Lipinski definition) is 4. The van der Waals surface area contributed by atoms with Crippen molar-refractivity contribution in [1.29, 1.82) is 0 Å². The molecule has 2 unspecified atom stereocenters. The molecule has 0 aliphatic carbocycles. The van der Waals surface area contributed by atoms with Gasteiger partial charge in [-0.1, -0.05) is 6.07 Å². The number of alkyl halides is 6. The van der Waals surface area contributed by atoms with Crippen molar-refractivity contribution in [2.24, 2.45) is 0 Å². The first kappa shape index (κ1) is 19.2. The minimum Gasteiger partial charge on any atom is -0.469 e. The summed E-state index contributed by atoms with van der Waals surface area (Å²) in [5.41, 5.74) is -5.03. The normalized spacial score (nSPS) is 15.2. The lowest BCUT2D eigenvalue weighted by Crippen LogP contribution is -2.27. The van der Waals surface area contributed by atoms with Crippen molar-refractivity contribution in [3.05, 3.63) is 34.9 Å². The van der Waals surface area contributed by atoms with E-state index in [-0.39, 0.29) is 0 Å². The number of carbonyl (C=O) groups is 1. The summed E-state index contributed by atoms with van der Waals surface area (Å²) in [6.45, 7) is 0. The Balaban J connectivity index is 3.44. The van der Waals surface area contributed by atoms with E-state index in [1.54, 1.807) is 0 Å². The number of aliphatic hydroxyl groups excluding tert-OH is 2. The maximum absolute atomic E-state index is 12.9. The highest BCUT2D eigenvalue weighted by atomic mass is 19.4. The zero-order valence-corrected chi connectivity index (χ0v) is 11.6. The molecule has 0 saturated heterocycles. The first-order chi connectivity index (χ1) is 10.4. The Morgan fingerprint density at radius 2 is 1.52 bits per heavy atom. The molecule has 2 atom stereocenters. The van der Waals surface area contributed by atoms with Gasteiger partial charge < -0.3 is 14.9 Å². The second kappa shape index (κ2) is 6.75. The largest absolute Gasteiger partial charge is 0.469 e. The number of aliphatic hydroxyl groups is 2. The second-order valence-corrected chi connectivity index (χ2v) is 4.55. The maximum atomic E-state index is 12.9. The van der Waals surface area contributed by atoms with Gasteiger partial charge in [-0.2, -0.15) is 26.3 Å². The number of carbonyl (C=O) groups excluding carboxylic acids is 1. The van der Waals surface area contributed by atoms with Crippen LogP contribution < -0.4 is 0 Å². The van der Waals surface area contributed by atoms with Crippen molar-refractivity contribution in [1.82, 2.24) is 0 Å². The van der Waals surface area contributed by atoms with Gasteiger partial charge in [0.15, 0.2) is 0 Å². The molecular formula is C13H12F6O4. The molecule has 130 valence electrons. The lowest BCUT2D eigenvalue weighted by molar-refractivity contribution is -0.149. The van der Waals surface area contributed by atoms with Crippen LogP contribution in [0.5, 0.6) is 0 Å². The van der Waals surface area contributed by atoms with Gasteiger partial charge in [0.1, 0.15) is 6.10 Å². The zero-order chi connectivity index (χ0) is 18.0. The van der Waals surface area contributed by atoms with E-state index in [0.29, 0.717) is 18.2 Å². The molecule has 0 aliphatic heterocycles. The molecule has 0 radical (unpaired) electrons. The van der Waals surface area contributed by atoms with Crippen LogP contribution in [-0.2, 0) is 21.9 Å². The monoisotopic (exact) mass is 346 g/mol. The number of methoxy groups -OCH3 is 1. The Labute approximate surface area is 126 Å². The zero-order valence-electron chi connectivity index (χ0n) is 11.6. The Hall–Kier alpha value is -1.81. The van der Waals surface area contributed by atoms with Gasteiger partial charge >= 0.3 is 18.3 Å². The molecule has 0 saturated carbocycles. The lowest BCUT2D eigenvalue weighted by atomic mass is 9.91. The van der Waals surface area contributed by atoms with Crippen LogP contribution in [0.3, 0.4) is 0 Å². The van der Waals surface area contributed by atoms with E-state index in [9.17, 15) is 41.4 Å². The smallest absolute Gasteiger partial charge is 0.416 e. The standard InChI is InChI=1S/C13H12F6O4/c1-23-9(21)5-8(20)11(22)10-6(12(14,15)16)3-2-4-7(10)13(17,18)19/h2-4,8,11,20,22H,5H2,1H3. The fraction of sp³-hybridized carbons (Fsp3) is 0.462. The van der Waals surface area contributed by atoms with Crippen LogP contribution in [0.1, 0.15) is 29.2 Å². The van der Waals surface area contributed by atoms with Gasteiger partial charge in [0.25, 0.3) is 0 Å². The average molecular weight is 346 g/mol. The minimum absolute atomic E-state index is 0.346. The second-order valence-electron chi connectivity index (χ2n) is 4.55. The molecule has 0 spiro atoms. The number of benzene rings is 1. The molecule has 1 rings (SSSR count). The van der Waals surface area contributed by atoms with Crippen LogP contribution in [0.2, 0.25) is 0 Å². The summed E-state index contributed by atoms with van der Waals surface area (Å²) < 4.78 is 81.7. The summed E-state index contributed by atoms with van der Waals surface area (Å²) in [6.07, 6.45) is -16.1. The van der Waals surface area contributed by atoms with E-state index in [2.05, 4.69) is 4.74 Å². The van der Waals surface area contributed by atoms with Gasteiger partial charge in [-0.05, 0) is 12.1 Å². The van der Waals surface area contributed by atoms with Crippen molar-refractivity contribution in [3.63, 3.8) is 0 Å². The molecule has 0 aromatic heterocycles. The first-order valence-corrected chi connectivity index (χ1v) is 6.09. The van der Waals surface area contributed by atoms with Crippen molar-refractivity contribution in [2.45, 2.75) is 31.0 Å².